The van der Waals surface area contributed by atoms with Crippen LogP contribution in [0.15, 0.2) is 36.4 Å². The standard InChI is InChI=1S/C20H21ClFNO3.Na/c1-13(22)12-26-19-8-7-15(21)10-14(19)11-23-9-3-5-16-17(20(24)25)4-2-6-18(16)23;/h2,4,6-8,10,13H,3,5,9,11-12H2,1H3,(H,24,25);/q;+1/p-1. The molecule has 2 aromatic carbocycles. The Bertz CT molecular complexity index is 816. The number of fused-ring (bicyclic) bond motifs is 1. The van der Waals surface area contributed by atoms with Crippen LogP contribution in [-0.4, -0.2) is 25.3 Å². The predicted octanol–water partition coefficient (Wildman–Crippen LogP) is 0.397. The zero-order valence-electron chi connectivity index (χ0n) is 15.5. The number of carbonyl (C=O) groups excluding carboxylic acids is 1. The summed E-state index contributed by atoms with van der Waals surface area (Å²) in [6, 6.07) is 10.5. The molecule has 4 nitrogen and oxygen atoms in total. The van der Waals surface area contributed by atoms with Crippen molar-refractivity contribution in [2.24, 2.45) is 0 Å². The van der Waals surface area contributed by atoms with E-state index in [4.69, 9.17) is 16.3 Å². The Kier molecular flexibility index (Phi) is 7.98. The fourth-order valence-corrected chi connectivity index (χ4v) is 3.47. The van der Waals surface area contributed by atoms with Gasteiger partial charge in [-0.2, -0.15) is 0 Å². The number of halogens is 2. The number of hydrogen-bond acceptors (Lipinski definition) is 4. The molecule has 1 aliphatic rings. The van der Waals surface area contributed by atoms with Crippen molar-refractivity contribution in [1.82, 2.24) is 0 Å². The van der Waals surface area contributed by atoms with Gasteiger partial charge in [0.2, 0.25) is 0 Å². The van der Waals surface area contributed by atoms with E-state index in [1.165, 1.54) is 6.92 Å². The first-order valence-electron chi connectivity index (χ1n) is 8.59. The topological polar surface area (TPSA) is 52.6 Å². The van der Waals surface area contributed by atoms with E-state index in [9.17, 15) is 14.3 Å². The van der Waals surface area contributed by atoms with E-state index in [0.29, 0.717) is 23.7 Å². The molecule has 2 aromatic rings. The third-order valence-electron chi connectivity index (χ3n) is 4.42. The van der Waals surface area contributed by atoms with Crippen molar-refractivity contribution in [3.63, 3.8) is 0 Å². The second-order valence-electron chi connectivity index (χ2n) is 6.46. The first-order valence-corrected chi connectivity index (χ1v) is 8.97. The van der Waals surface area contributed by atoms with E-state index in [1.54, 1.807) is 30.3 Å². The monoisotopic (exact) mass is 399 g/mol. The summed E-state index contributed by atoms with van der Waals surface area (Å²) >= 11 is 6.13. The maximum atomic E-state index is 13.2. The molecule has 0 saturated carbocycles. The van der Waals surface area contributed by atoms with Gasteiger partial charge in [-0.15, -0.1) is 0 Å². The molecule has 1 atom stereocenters. The van der Waals surface area contributed by atoms with Crippen LogP contribution in [0.3, 0.4) is 0 Å². The Morgan fingerprint density at radius 3 is 2.85 bits per heavy atom. The van der Waals surface area contributed by atoms with E-state index < -0.39 is 12.1 Å². The molecule has 27 heavy (non-hydrogen) atoms. The van der Waals surface area contributed by atoms with Crippen molar-refractivity contribution in [2.45, 2.75) is 32.5 Å². The third-order valence-corrected chi connectivity index (χ3v) is 4.65. The number of rotatable bonds is 6. The van der Waals surface area contributed by atoms with Crippen LogP contribution in [0.1, 0.15) is 34.8 Å². The van der Waals surface area contributed by atoms with Crippen molar-refractivity contribution >= 4 is 23.3 Å². The van der Waals surface area contributed by atoms with Gasteiger partial charge in [-0.25, -0.2) is 4.39 Å². The molecule has 0 aliphatic carbocycles. The summed E-state index contributed by atoms with van der Waals surface area (Å²) in [5.74, 6) is -0.575. The minimum atomic E-state index is -1.16. The van der Waals surface area contributed by atoms with Crippen LogP contribution >= 0.6 is 11.6 Å². The second kappa shape index (κ2) is 9.78. The van der Waals surface area contributed by atoms with Crippen molar-refractivity contribution in [1.29, 1.82) is 0 Å². The summed E-state index contributed by atoms with van der Waals surface area (Å²) in [6.07, 6.45) is 0.476. The van der Waals surface area contributed by atoms with E-state index in [-0.39, 0.29) is 41.7 Å². The zero-order valence-corrected chi connectivity index (χ0v) is 18.3. The normalized spacial score (nSPS) is 14.1. The number of nitrogens with zero attached hydrogens (tertiary/aromatic N) is 1. The molecule has 0 saturated heterocycles. The zero-order chi connectivity index (χ0) is 18.7. The van der Waals surface area contributed by atoms with Gasteiger partial charge in [-0.05, 0) is 49.6 Å². The molecule has 7 heteroatoms. The molecule has 0 spiro atoms. The van der Waals surface area contributed by atoms with Gasteiger partial charge in [0.05, 0.1) is 5.97 Å². The van der Waals surface area contributed by atoms with Gasteiger partial charge in [0, 0.05) is 34.9 Å². The summed E-state index contributed by atoms with van der Waals surface area (Å²) < 4.78 is 18.7. The number of carboxylic acids is 1. The molecule has 1 aliphatic heterocycles. The minimum Gasteiger partial charge on any atom is -0.545 e. The number of alkyl halides is 1. The van der Waals surface area contributed by atoms with Crippen LogP contribution in [0.5, 0.6) is 5.75 Å². The molecule has 1 heterocycles. The third kappa shape index (κ3) is 5.38. The Labute approximate surface area is 185 Å². The summed E-state index contributed by atoms with van der Waals surface area (Å²) in [4.78, 5) is 13.5. The van der Waals surface area contributed by atoms with Crippen LogP contribution in [-0.2, 0) is 13.0 Å². The average molecular weight is 400 g/mol. The fourth-order valence-electron chi connectivity index (χ4n) is 3.28. The number of benzene rings is 2. The molecule has 0 N–H and O–H groups in total. The Morgan fingerprint density at radius 2 is 2.15 bits per heavy atom. The molecule has 3 rings (SSSR count). The maximum absolute atomic E-state index is 13.2. The van der Waals surface area contributed by atoms with Crippen molar-refractivity contribution in [2.75, 3.05) is 18.1 Å². The molecule has 138 valence electrons. The molecular formula is C20H20ClFNNaO3. The van der Waals surface area contributed by atoms with E-state index in [1.807, 2.05) is 6.07 Å². The van der Waals surface area contributed by atoms with Gasteiger partial charge < -0.3 is 19.5 Å². The van der Waals surface area contributed by atoms with Gasteiger partial charge in [-0.1, -0.05) is 23.7 Å². The number of hydrogen-bond donors (Lipinski definition) is 0. The van der Waals surface area contributed by atoms with Gasteiger partial charge in [0.25, 0.3) is 0 Å². The van der Waals surface area contributed by atoms with E-state index >= 15 is 0 Å². The van der Waals surface area contributed by atoms with Crippen molar-refractivity contribution < 1.29 is 48.6 Å². The summed E-state index contributed by atoms with van der Waals surface area (Å²) in [7, 11) is 0. The predicted molar refractivity (Wildman–Crippen MR) is 97.7 cm³/mol. The summed E-state index contributed by atoms with van der Waals surface area (Å²) in [5, 5.41) is 12.0. The Morgan fingerprint density at radius 1 is 1.37 bits per heavy atom. The van der Waals surface area contributed by atoms with E-state index in [2.05, 4.69) is 4.90 Å². The molecule has 1 unspecified atom stereocenters. The van der Waals surface area contributed by atoms with Crippen molar-refractivity contribution in [3.8, 4) is 5.75 Å². The van der Waals surface area contributed by atoms with Crippen LogP contribution in [0.4, 0.5) is 10.1 Å². The molecular weight excluding hydrogens is 380 g/mol. The van der Waals surface area contributed by atoms with Crippen molar-refractivity contribution in [3.05, 3.63) is 58.1 Å². The van der Waals surface area contributed by atoms with Crippen LogP contribution < -0.4 is 44.3 Å². The molecule has 0 radical (unpaired) electrons. The summed E-state index contributed by atoms with van der Waals surface area (Å²) in [5.41, 5.74) is 2.74. The summed E-state index contributed by atoms with van der Waals surface area (Å²) in [6.45, 7) is 2.70. The number of ether oxygens (including phenoxy) is 1. The SMILES string of the molecule is CC(F)COc1ccc(Cl)cc1CN1CCCc2c(C(=O)[O-])cccc21.[Na+]. The van der Waals surface area contributed by atoms with Gasteiger partial charge in [-0.3, -0.25) is 0 Å². The number of carbonyl (C=O) groups is 1. The van der Waals surface area contributed by atoms with Crippen LogP contribution in [0, 0.1) is 0 Å². The second-order valence-corrected chi connectivity index (χ2v) is 6.90. The molecule has 0 fully saturated rings. The molecule has 0 aromatic heterocycles. The van der Waals surface area contributed by atoms with Gasteiger partial charge in [0.15, 0.2) is 0 Å². The largest absolute Gasteiger partial charge is 1.00 e. The maximum Gasteiger partial charge on any atom is 1.00 e. The Hall–Kier alpha value is -1.27. The molecule has 0 bridgehead atoms. The molecule has 0 amide bonds. The average Bonchev–Trinajstić information content (AvgIpc) is 2.60. The first kappa shape index (κ1) is 22.0. The fraction of sp³-hybridized carbons (Fsp3) is 0.350. The van der Waals surface area contributed by atoms with Crippen LogP contribution in [0.25, 0.3) is 0 Å². The minimum absolute atomic E-state index is 0. The quantitative estimate of drug-likeness (QED) is 0.660. The number of aromatic carboxylic acids is 1. The number of anilines is 1. The van der Waals surface area contributed by atoms with Crippen LogP contribution in [0.2, 0.25) is 5.02 Å². The van der Waals surface area contributed by atoms with Gasteiger partial charge in [0.1, 0.15) is 18.5 Å². The Balaban J connectivity index is 0.00000261. The first-order chi connectivity index (χ1) is 12.5. The number of carboxylic acid groups (broad SMARTS) is 1. The smallest absolute Gasteiger partial charge is 0.545 e. The van der Waals surface area contributed by atoms with E-state index in [0.717, 1.165) is 29.8 Å². The van der Waals surface area contributed by atoms with Gasteiger partial charge >= 0.3 is 29.6 Å².